The predicted octanol–water partition coefficient (Wildman–Crippen LogP) is 3.15. The second kappa shape index (κ2) is 5.73. The molecule has 0 fully saturated rings. The third-order valence-corrected chi connectivity index (χ3v) is 4.47. The van der Waals surface area contributed by atoms with Crippen LogP contribution in [0.25, 0.3) is 11.0 Å². The Kier molecular flexibility index (Phi) is 3.80. The molecule has 104 valence electrons. The molecule has 0 amide bonds. The fraction of sp³-hybridized carbons (Fsp3) is 0.333. The van der Waals surface area contributed by atoms with Gasteiger partial charge in [-0.2, -0.15) is 0 Å². The highest BCUT2D eigenvalue weighted by Crippen LogP contribution is 2.17. The van der Waals surface area contributed by atoms with E-state index in [1.165, 1.54) is 10.4 Å². The van der Waals surface area contributed by atoms with Crippen LogP contribution >= 0.6 is 11.3 Å². The van der Waals surface area contributed by atoms with Crippen LogP contribution in [0.5, 0.6) is 0 Å². The monoisotopic (exact) mass is 286 g/mol. The average Bonchev–Trinajstić information content (AvgIpc) is 3.07. The first-order valence-corrected chi connectivity index (χ1v) is 7.67. The van der Waals surface area contributed by atoms with Crippen molar-refractivity contribution in [2.75, 3.05) is 6.54 Å². The molecule has 0 aliphatic rings. The normalized spacial score (nSPS) is 12.9. The minimum atomic E-state index is 0.345. The van der Waals surface area contributed by atoms with Crippen molar-refractivity contribution >= 4 is 22.4 Å². The lowest BCUT2D eigenvalue weighted by molar-refractivity contribution is 0.536. The molecule has 1 unspecified atom stereocenters. The van der Waals surface area contributed by atoms with E-state index >= 15 is 0 Å². The summed E-state index contributed by atoms with van der Waals surface area (Å²) in [5.41, 5.74) is 4.15. The van der Waals surface area contributed by atoms with Crippen LogP contribution in [0.1, 0.15) is 23.7 Å². The van der Waals surface area contributed by atoms with Crippen LogP contribution < -0.4 is 5.32 Å². The van der Waals surface area contributed by atoms with Crippen molar-refractivity contribution in [2.45, 2.75) is 26.4 Å². The molecule has 0 aliphatic heterocycles. The quantitative estimate of drug-likeness (QED) is 0.783. The minimum absolute atomic E-state index is 0.345. The SMILES string of the molecule is Cc1nc2ccccc2n1CCNC(C)c1cncs1. The fourth-order valence-electron chi connectivity index (χ4n) is 2.41. The molecular formula is C15H18N4S. The first-order valence-electron chi connectivity index (χ1n) is 6.79. The number of rotatable bonds is 5. The number of nitrogens with one attached hydrogen (secondary N) is 1. The lowest BCUT2D eigenvalue weighted by atomic mass is 10.3. The Balaban J connectivity index is 1.67. The Morgan fingerprint density at radius 1 is 1.35 bits per heavy atom. The molecule has 1 atom stereocenters. The summed E-state index contributed by atoms with van der Waals surface area (Å²) in [6.07, 6.45) is 1.93. The molecule has 20 heavy (non-hydrogen) atoms. The van der Waals surface area contributed by atoms with Crippen LogP contribution in [0.3, 0.4) is 0 Å². The summed E-state index contributed by atoms with van der Waals surface area (Å²) in [5.74, 6) is 1.07. The van der Waals surface area contributed by atoms with Gasteiger partial charge in [0.2, 0.25) is 0 Å². The molecule has 2 aromatic heterocycles. The number of aryl methyl sites for hydroxylation is 1. The van der Waals surface area contributed by atoms with E-state index in [0.29, 0.717) is 6.04 Å². The van der Waals surface area contributed by atoms with Gasteiger partial charge >= 0.3 is 0 Å². The topological polar surface area (TPSA) is 42.7 Å². The third kappa shape index (κ3) is 2.59. The van der Waals surface area contributed by atoms with Crippen LogP contribution in [0.15, 0.2) is 36.0 Å². The van der Waals surface area contributed by atoms with E-state index in [-0.39, 0.29) is 0 Å². The summed E-state index contributed by atoms with van der Waals surface area (Å²) in [5, 5.41) is 3.54. The van der Waals surface area contributed by atoms with Gasteiger partial charge in [0.25, 0.3) is 0 Å². The van der Waals surface area contributed by atoms with Gasteiger partial charge in [-0.05, 0) is 26.0 Å². The number of fused-ring (bicyclic) bond motifs is 1. The summed E-state index contributed by atoms with van der Waals surface area (Å²) in [6, 6.07) is 8.63. The molecule has 0 aliphatic carbocycles. The Bertz CT molecular complexity index is 687. The molecule has 3 aromatic rings. The zero-order chi connectivity index (χ0) is 13.9. The number of imidazole rings is 1. The predicted molar refractivity (Wildman–Crippen MR) is 83.0 cm³/mol. The van der Waals surface area contributed by atoms with Crippen molar-refractivity contribution in [3.8, 4) is 0 Å². The Morgan fingerprint density at radius 2 is 2.20 bits per heavy atom. The molecule has 5 heteroatoms. The molecule has 0 spiro atoms. The summed E-state index contributed by atoms with van der Waals surface area (Å²) in [4.78, 5) is 9.98. The largest absolute Gasteiger partial charge is 0.327 e. The van der Waals surface area contributed by atoms with E-state index in [1.54, 1.807) is 11.3 Å². The third-order valence-electron chi connectivity index (χ3n) is 3.51. The van der Waals surface area contributed by atoms with E-state index in [1.807, 2.05) is 17.8 Å². The summed E-state index contributed by atoms with van der Waals surface area (Å²) < 4.78 is 2.27. The molecular weight excluding hydrogens is 268 g/mol. The fourth-order valence-corrected chi connectivity index (χ4v) is 3.06. The van der Waals surface area contributed by atoms with Crippen LogP contribution in [-0.4, -0.2) is 21.1 Å². The van der Waals surface area contributed by atoms with E-state index in [2.05, 4.69) is 51.9 Å². The van der Waals surface area contributed by atoms with Crippen molar-refractivity contribution in [3.05, 3.63) is 46.7 Å². The van der Waals surface area contributed by atoms with Crippen LogP contribution in [0, 0.1) is 6.92 Å². The van der Waals surface area contributed by atoms with Gasteiger partial charge in [0.05, 0.1) is 16.5 Å². The molecule has 4 nitrogen and oxygen atoms in total. The van der Waals surface area contributed by atoms with Crippen molar-refractivity contribution in [3.63, 3.8) is 0 Å². The molecule has 1 N–H and O–H groups in total. The Hall–Kier alpha value is -1.72. The van der Waals surface area contributed by atoms with Crippen molar-refractivity contribution < 1.29 is 0 Å². The van der Waals surface area contributed by atoms with Gasteiger partial charge in [-0.15, -0.1) is 11.3 Å². The maximum atomic E-state index is 4.59. The number of para-hydroxylation sites is 2. The molecule has 3 rings (SSSR count). The lowest BCUT2D eigenvalue weighted by Gasteiger charge is -2.13. The number of aromatic nitrogens is 3. The highest BCUT2D eigenvalue weighted by molar-refractivity contribution is 7.09. The number of hydrogen-bond donors (Lipinski definition) is 1. The number of benzene rings is 1. The second-order valence-electron chi connectivity index (χ2n) is 4.88. The number of thiazole rings is 1. The van der Waals surface area contributed by atoms with Gasteiger partial charge < -0.3 is 9.88 Å². The smallest absolute Gasteiger partial charge is 0.106 e. The van der Waals surface area contributed by atoms with Gasteiger partial charge in [-0.25, -0.2) is 4.98 Å². The van der Waals surface area contributed by atoms with Gasteiger partial charge in [0.1, 0.15) is 5.82 Å². The van der Waals surface area contributed by atoms with E-state index in [0.717, 1.165) is 24.4 Å². The summed E-state index contributed by atoms with van der Waals surface area (Å²) in [6.45, 7) is 6.08. The molecule has 0 saturated heterocycles. The standard InChI is InChI=1S/C15H18N4S/c1-11(15-9-16-10-20-15)17-7-8-19-12(2)18-13-5-3-4-6-14(13)19/h3-6,9-11,17H,7-8H2,1-2H3. The number of hydrogen-bond acceptors (Lipinski definition) is 4. The zero-order valence-corrected chi connectivity index (χ0v) is 12.5. The first-order chi connectivity index (χ1) is 9.75. The van der Waals surface area contributed by atoms with Crippen molar-refractivity contribution in [1.82, 2.24) is 19.9 Å². The highest BCUT2D eigenvalue weighted by atomic mass is 32.1. The molecule has 0 saturated carbocycles. The Morgan fingerprint density at radius 3 is 3.00 bits per heavy atom. The average molecular weight is 286 g/mol. The first kappa shape index (κ1) is 13.3. The van der Waals surface area contributed by atoms with Crippen molar-refractivity contribution in [2.24, 2.45) is 0 Å². The van der Waals surface area contributed by atoms with Crippen molar-refractivity contribution in [1.29, 1.82) is 0 Å². The van der Waals surface area contributed by atoms with Gasteiger partial charge in [0.15, 0.2) is 0 Å². The maximum absolute atomic E-state index is 4.59. The molecule has 0 bridgehead atoms. The van der Waals surface area contributed by atoms with E-state index in [9.17, 15) is 0 Å². The number of nitrogens with zero attached hydrogens (tertiary/aromatic N) is 3. The van der Waals surface area contributed by atoms with Gasteiger partial charge in [-0.3, -0.25) is 4.98 Å². The summed E-state index contributed by atoms with van der Waals surface area (Å²) in [7, 11) is 0. The van der Waals surface area contributed by atoms with Crippen LogP contribution in [-0.2, 0) is 6.54 Å². The second-order valence-corrected chi connectivity index (χ2v) is 5.80. The summed E-state index contributed by atoms with van der Waals surface area (Å²) >= 11 is 1.69. The minimum Gasteiger partial charge on any atom is -0.327 e. The molecule has 2 heterocycles. The maximum Gasteiger partial charge on any atom is 0.106 e. The molecule has 0 radical (unpaired) electrons. The van der Waals surface area contributed by atoms with Gasteiger partial charge in [-0.1, -0.05) is 12.1 Å². The highest BCUT2D eigenvalue weighted by Gasteiger charge is 2.08. The van der Waals surface area contributed by atoms with E-state index < -0.39 is 0 Å². The zero-order valence-electron chi connectivity index (χ0n) is 11.7. The van der Waals surface area contributed by atoms with Crippen LogP contribution in [0.2, 0.25) is 0 Å². The lowest BCUT2D eigenvalue weighted by Crippen LogP contribution is -2.23. The van der Waals surface area contributed by atoms with E-state index in [4.69, 9.17) is 0 Å². The van der Waals surface area contributed by atoms with Gasteiger partial charge in [0, 0.05) is 30.2 Å². The van der Waals surface area contributed by atoms with Crippen LogP contribution in [0.4, 0.5) is 0 Å². The molecule has 1 aromatic carbocycles. The Labute approximate surface area is 122 Å².